The molecular formula is C14H13NO4S. The fourth-order valence-electron chi connectivity index (χ4n) is 1.50. The van der Waals surface area contributed by atoms with Crippen LogP contribution in [0.25, 0.3) is 0 Å². The van der Waals surface area contributed by atoms with Gasteiger partial charge in [0.05, 0.1) is 12.7 Å². The molecule has 5 nitrogen and oxygen atoms in total. The van der Waals surface area contributed by atoms with Gasteiger partial charge in [0, 0.05) is 10.9 Å². The Balaban J connectivity index is 1.84. The van der Waals surface area contributed by atoms with Crippen molar-refractivity contribution in [3.63, 3.8) is 0 Å². The quantitative estimate of drug-likeness (QED) is 0.678. The van der Waals surface area contributed by atoms with Crippen molar-refractivity contribution in [1.82, 2.24) is 5.32 Å². The number of methoxy groups -OCH3 is 1. The third-order valence-electron chi connectivity index (χ3n) is 2.52. The van der Waals surface area contributed by atoms with Gasteiger partial charge in [0.25, 0.3) is 5.91 Å². The summed E-state index contributed by atoms with van der Waals surface area (Å²) >= 11 is 1.41. The number of ether oxygens (including phenoxy) is 2. The molecule has 0 bridgehead atoms. The highest BCUT2D eigenvalue weighted by Crippen LogP contribution is 2.12. The summed E-state index contributed by atoms with van der Waals surface area (Å²) in [5.41, 5.74) is 0.918. The molecule has 1 amide bonds. The van der Waals surface area contributed by atoms with Gasteiger partial charge in [-0.25, -0.2) is 4.79 Å². The highest BCUT2D eigenvalue weighted by atomic mass is 32.1. The normalized spacial score (nSPS) is 9.85. The molecule has 0 radical (unpaired) electrons. The molecule has 2 rings (SSSR count). The number of hydrogen-bond acceptors (Lipinski definition) is 5. The molecule has 104 valence electrons. The van der Waals surface area contributed by atoms with E-state index in [4.69, 9.17) is 9.47 Å². The SMILES string of the molecule is COc1cccc(C(=O)NCOC(=O)c2ccsc2)c1. The number of esters is 1. The molecule has 0 aliphatic carbocycles. The minimum Gasteiger partial charge on any atom is -0.497 e. The molecule has 1 aromatic heterocycles. The maximum absolute atomic E-state index is 11.8. The summed E-state index contributed by atoms with van der Waals surface area (Å²) in [4.78, 5) is 23.4. The zero-order valence-corrected chi connectivity index (χ0v) is 11.6. The summed E-state index contributed by atoms with van der Waals surface area (Å²) in [5.74, 6) is -0.202. The molecule has 0 aliphatic rings. The Bertz CT molecular complexity index is 595. The summed E-state index contributed by atoms with van der Waals surface area (Å²) in [5, 5.41) is 5.98. The predicted octanol–water partition coefficient (Wildman–Crippen LogP) is 2.30. The fourth-order valence-corrected chi connectivity index (χ4v) is 2.12. The molecule has 0 atom stereocenters. The Kier molecular flexibility index (Phi) is 4.73. The van der Waals surface area contributed by atoms with Gasteiger partial charge in [-0.2, -0.15) is 11.3 Å². The van der Waals surface area contributed by atoms with Crippen LogP contribution in [-0.2, 0) is 4.74 Å². The summed E-state index contributed by atoms with van der Waals surface area (Å²) in [7, 11) is 1.53. The minimum atomic E-state index is -0.461. The number of hydrogen-bond donors (Lipinski definition) is 1. The molecule has 1 heterocycles. The van der Waals surface area contributed by atoms with Crippen molar-refractivity contribution in [3.05, 3.63) is 52.2 Å². The Morgan fingerprint density at radius 2 is 2.10 bits per heavy atom. The third kappa shape index (κ3) is 3.58. The topological polar surface area (TPSA) is 64.6 Å². The van der Waals surface area contributed by atoms with Gasteiger partial charge < -0.3 is 14.8 Å². The lowest BCUT2D eigenvalue weighted by Gasteiger charge is -2.07. The molecule has 0 saturated heterocycles. The summed E-state index contributed by atoms with van der Waals surface area (Å²) < 4.78 is 9.97. The van der Waals surface area contributed by atoms with Crippen LogP contribution in [0.2, 0.25) is 0 Å². The second-order valence-corrected chi connectivity index (χ2v) is 4.61. The predicted molar refractivity (Wildman–Crippen MR) is 75.1 cm³/mol. The first-order valence-corrected chi connectivity index (χ1v) is 6.76. The molecule has 0 saturated carbocycles. The minimum absolute atomic E-state index is 0.176. The number of amides is 1. The van der Waals surface area contributed by atoms with Crippen LogP contribution in [0.15, 0.2) is 41.1 Å². The van der Waals surface area contributed by atoms with Crippen molar-refractivity contribution >= 4 is 23.2 Å². The Morgan fingerprint density at radius 1 is 1.25 bits per heavy atom. The highest BCUT2D eigenvalue weighted by molar-refractivity contribution is 7.08. The summed E-state index contributed by atoms with van der Waals surface area (Å²) in [6, 6.07) is 8.38. The number of carbonyl (C=O) groups excluding carboxylic acids is 2. The molecule has 0 aliphatic heterocycles. The molecule has 6 heteroatoms. The van der Waals surface area contributed by atoms with Gasteiger partial charge in [0.1, 0.15) is 5.75 Å². The molecular weight excluding hydrogens is 278 g/mol. The number of benzene rings is 1. The monoisotopic (exact) mass is 291 g/mol. The van der Waals surface area contributed by atoms with Crippen LogP contribution in [0, 0.1) is 0 Å². The molecule has 0 unspecified atom stereocenters. The van der Waals surface area contributed by atoms with Crippen LogP contribution in [0.3, 0.4) is 0 Å². The van der Waals surface area contributed by atoms with Crippen LogP contribution in [0.4, 0.5) is 0 Å². The van der Waals surface area contributed by atoms with Gasteiger partial charge in [0.15, 0.2) is 6.73 Å². The lowest BCUT2D eigenvalue weighted by atomic mass is 10.2. The van der Waals surface area contributed by atoms with Crippen molar-refractivity contribution in [1.29, 1.82) is 0 Å². The fraction of sp³-hybridized carbons (Fsp3) is 0.143. The van der Waals surface area contributed by atoms with Gasteiger partial charge in [-0.15, -0.1) is 0 Å². The molecule has 0 spiro atoms. The third-order valence-corrected chi connectivity index (χ3v) is 3.21. The Morgan fingerprint density at radius 3 is 2.80 bits per heavy atom. The maximum atomic E-state index is 11.8. The van der Waals surface area contributed by atoms with Crippen LogP contribution in [0.1, 0.15) is 20.7 Å². The van der Waals surface area contributed by atoms with Gasteiger partial charge in [-0.05, 0) is 29.6 Å². The molecule has 2 aromatic rings. The average molecular weight is 291 g/mol. The largest absolute Gasteiger partial charge is 0.497 e. The Labute approximate surface area is 120 Å². The number of carbonyl (C=O) groups is 2. The zero-order valence-electron chi connectivity index (χ0n) is 10.8. The molecule has 20 heavy (non-hydrogen) atoms. The van der Waals surface area contributed by atoms with Crippen LogP contribution in [0.5, 0.6) is 5.75 Å². The summed E-state index contributed by atoms with van der Waals surface area (Å²) in [6.45, 7) is -0.176. The van der Waals surface area contributed by atoms with Gasteiger partial charge in [-0.3, -0.25) is 4.79 Å². The number of rotatable bonds is 5. The second kappa shape index (κ2) is 6.72. The van der Waals surface area contributed by atoms with Crippen molar-refractivity contribution in [2.45, 2.75) is 0 Å². The van der Waals surface area contributed by atoms with Crippen LogP contribution < -0.4 is 10.1 Å². The van der Waals surface area contributed by atoms with E-state index in [2.05, 4.69) is 5.32 Å². The average Bonchev–Trinajstić information content (AvgIpc) is 3.01. The lowest BCUT2D eigenvalue weighted by Crippen LogP contribution is -2.27. The van der Waals surface area contributed by atoms with E-state index in [-0.39, 0.29) is 12.6 Å². The van der Waals surface area contributed by atoms with Crippen molar-refractivity contribution in [2.75, 3.05) is 13.8 Å². The summed E-state index contributed by atoms with van der Waals surface area (Å²) in [6.07, 6.45) is 0. The molecule has 1 aromatic carbocycles. The first kappa shape index (κ1) is 14.1. The van der Waals surface area contributed by atoms with E-state index in [0.717, 1.165) is 0 Å². The maximum Gasteiger partial charge on any atom is 0.340 e. The smallest absolute Gasteiger partial charge is 0.340 e. The van der Waals surface area contributed by atoms with E-state index >= 15 is 0 Å². The van der Waals surface area contributed by atoms with Crippen molar-refractivity contribution in [2.24, 2.45) is 0 Å². The number of thiophene rings is 1. The lowest BCUT2D eigenvalue weighted by molar-refractivity contribution is 0.0464. The highest BCUT2D eigenvalue weighted by Gasteiger charge is 2.09. The molecule has 0 fully saturated rings. The standard InChI is InChI=1S/C14H13NO4S/c1-18-12-4-2-3-10(7-12)13(16)15-9-19-14(17)11-5-6-20-8-11/h2-8H,9H2,1H3,(H,15,16). The first-order chi connectivity index (χ1) is 9.70. The van der Waals surface area contributed by atoms with Crippen molar-refractivity contribution < 1.29 is 19.1 Å². The Hall–Kier alpha value is -2.34. The van der Waals surface area contributed by atoms with Crippen molar-refractivity contribution in [3.8, 4) is 5.75 Å². The van der Waals surface area contributed by atoms with E-state index in [0.29, 0.717) is 16.9 Å². The second-order valence-electron chi connectivity index (χ2n) is 3.83. The van der Waals surface area contributed by atoms with Gasteiger partial charge in [0.2, 0.25) is 0 Å². The van der Waals surface area contributed by atoms with Crippen LogP contribution >= 0.6 is 11.3 Å². The van der Waals surface area contributed by atoms with Gasteiger partial charge >= 0.3 is 5.97 Å². The van der Waals surface area contributed by atoms with Gasteiger partial charge in [-0.1, -0.05) is 6.07 Å². The van der Waals surface area contributed by atoms with E-state index in [1.54, 1.807) is 41.1 Å². The van der Waals surface area contributed by atoms with E-state index < -0.39 is 5.97 Å². The van der Waals surface area contributed by atoms with E-state index in [9.17, 15) is 9.59 Å². The van der Waals surface area contributed by atoms with E-state index in [1.165, 1.54) is 18.4 Å². The zero-order chi connectivity index (χ0) is 14.4. The van der Waals surface area contributed by atoms with E-state index in [1.807, 2.05) is 0 Å². The first-order valence-electron chi connectivity index (χ1n) is 5.82. The molecule has 1 N–H and O–H groups in total. The number of nitrogens with one attached hydrogen (secondary N) is 1. The van der Waals surface area contributed by atoms with Crippen LogP contribution in [-0.4, -0.2) is 25.7 Å².